The Hall–Kier alpha value is -1.52. The van der Waals surface area contributed by atoms with E-state index in [1.165, 1.54) is 0 Å². The molecule has 2 rings (SSSR count). The van der Waals surface area contributed by atoms with Crippen LogP contribution in [0.25, 0.3) is 0 Å². The van der Waals surface area contributed by atoms with E-state index in [0.29, 0.717) is 18.2 Å². The van der Waals surface area contributed by atoms with Crippen molar-refractivity contribution in [3.63, 3.8) is 0 Å². The summed E-state index contributed by atoms with van der Waals surface area (Å²) in [6, 6.07) is 5.62. The van der Waals surface area contributed by atoms with Crippen molar-refractivity contribution in [2.24, 2.45) is 5.73 Å². The first kappa shape index (κ1) is 12.9. The zero-order chi connectivity index (χ0) is 12.8. The normalized spacial score (nSPS) is 10.6. The standard InChI is InChI=1S/C13H16ClN3O/c14-12-1-2-13(11(9-12)3-4-15)18-8-7-17-6-5-16-10-17/h1-2,5-6,9-10H,3-4,7-8,15H2. The molecule has 0 saturated carbocycles. The van der Waals surface area contributed by atoms with Gasteiger partial charge in [0.1, 0.15) is 12.4 Å². The summed E-state index contributed by atoms with van der Waals surface area (Å²) in [5, 5.41) is 0.709. The monoisotopic (exact) mass is 265 g/mol. The molecule has 0 fully saturated rings. The Kier molecular flexibility index (Phi) is 4.61. The van der Waals surface area contributed by atoms with Crippen molar-refractivity contribution in [3.05, 3.63) is 47.5 Å². The number of hydrogen-bond donors (Lipinski definition) is 1. The maximum atomic E-state index is 5.96. The van der Waals surface area contributed by atoms with Gasteiger partial charge in [-0.3, -0.25) is 0 Å². The minimum atomic E-state index is 0.582. The van der Waals surface area contributed by atoms with Gasteiger partial charge in [0.2, 0.25) is 0 Å². The fourth-order valence-electron chi connectivity index (χ4n) is 1.72. The molecule has 0 aliphatic carbocycles. The molecule has 0 saturated heterocycles. The Morgan fingerprint density at radius 2 is 2.28 bits per heavy atom. The first-order valence-electron chi connectivity index (χ1n) is 5.86. The van der Waals surface area contributed by atoms with Crippen LogP contribution in [0, 0.1) is 0 Å². The van der Waals surface area contributed by atoms with Gasteiger partial charge in [-0.1, -0.05) is 11.6 Å². The Bertz CT molecular complexity index is 485. The second-order valence-corrected chi connectivity index (χ2v) is 4.38. The van der Waals surface area contributed by atoms with Crippen LogP contribution in [0.3, 0.4) is 0 Å². The number of halogens is 1. The summed E-state index contributed by atoms with van der Waals surface area (Å²) in [6.07, 6.45) is 6.20. The quantitative estimate of drug-likeness (QED) is 0.870. The molecule has 1 heterocycles. The first-order valence-corrected chi connectivity index (χ1v) is 6.24. The highest BCUT2D eigenvalue weighted by molar-refractivity contribution is 6.30. The molecule has 2 aromatic rings. The van der Waals surface area contributed by atoms with Crippen molar-refractivity contribution >= 4 is 11.6 Å². The number of rotatable bonds is 6. The van der Waals surface area contributed by atoms with Crippen LogP contribution in [0.4, 0.5) is 0 Å². The van der Waals surface area contributed by atoms with E-state index in [9.17, 15) is 0 Å². The lowest BCUT2D eigenvalue weighted by atomic mass is 10.1. The second kappa shape index (κ2) is 6.42. The third kappa shape index (κ3) is 3.48. The molecule has 1 aromatic heterocycles. The second-order valence-electron chi connectivity index (χ2n) is 3.94. The summed E-state index contributed by atoms with van der Waals surface area (Å²) in [4.78, 5) is 3.98. The summed E-state index contributed by atoms with van der Waals surface area (Å²) in [5.74, 6) is 0.852. The molecule has 2 N–H and O–H groups in total. The van der Waals surface area contributed by atoms with Crippen LogP contribution in [0.15, 0.2) is 36.9 Å². The fraction of sp³-hybridized carbons (Fsp3) is 0.308. The van der Waals surface area contributed by atoms with E-state index in [2.05, 4.69) is 4.98 Å². The highest BCUT2D eigenvalue weighted by Crippen LogP contribution is 2.23. The lowest BCUT2D eigenvalue weighted by Gasteiger charge is -2.11. The topological polar surface area (TPSA) is 53.1 Å². The Labute approximate surface area is 111 Å². The molecule has 0 bridgehead atoms. The van der Waals surface area contributed by atoms with E-state index in [1.54, 1.807) is 12.5 Å². The van der Waals surface area contributed by atoms with E-state index in [1.807, 2.05) is 29.0 Å². The summed E-state index contributed by atoms with van der Waals surface area (Å²) in [6.45, 7) is 1.94. The van der Waals surface area contributed by atoms with Crippen LogP contribution >= 0.6 is 11.6 Å². The highest BCUT2D eigenvalue weighted by atomic mass is 35.5. The van der Waals surface area contributed by atoms with Gasteiger partial charge in [-0.2, -0.15) is 0 Å². The minimum absolute atomic E-state index is 0.582. The van der Waals surface area contributed by atoms with E-state index < -0.39 is 0 Å². The molecule has 18 heavy (non-hydrogen) atoms. The lowest BCUT2D eigenvalue weighted by molar-refractivity contribution is 0.295. The predicted octanol–water partition coefficient (Wildman–Crippen LogP) is 2.12. The molecule has 1 aromatic carbocycles. The van der Waals surface area contributed by atoms with E-state index >= 15 is 0 Å². The molecule has 0 atom stereocenters. The summed E-state index contributed by atoms with van der Waals surface area (Å²) < 4.78 is 7.73. The van der Waals surface area contributed by atoms with Crippen molar-refractivity contribution in [2.75, 3.05) is 13.2 Å². The Balaban J connectivity index is 1.95. The lowest BCUT2D eigenvalue weighted by Crippen LogP contribution is -2.09. The molecular weight excluding hydrogens is 250 g/mol. The van der Waals surface area contributed by atoms with Crippen molar-refractivity contribution in [1.29, 1.82) is 0 Å². The van der Waals surface area contributed by atoms with E-state index in [0.717, 1.165) is 24.3 Å². The molecule has 5 heteroatoms. The summed E-state index contributed by atoms with van der Waals surface area (Å²) >= 11 is 5.96. The summed E-state index contributed by atoms with van der Waals surface area (Å²) in [7, 11) is 0. The number of imidazole rings is 1. The zero-order valence-electron chi connectivity index (χ0n) is 10.1. The molecule has 0 spiro atoms. The van der Waals surface area contributed by atoms with Crippen molar-refractivity contribution in [3.8, 4) is 5.75 Å². The van der Waals surface area contributed by atoms with Crippen LogP contribution in [0.5, 0.6) is 5.75 Å². The number of nitrogens with two attached hydrogens (primary N) is 1. The van der Waals surface area contributed by atoms with Crippen LogP contribution in [0.1, 0.15) is 5.56 Å². The number of benzene rings is 1. The SMILES string of the molecule is NCCc1cc(Cl)ccc1OCCn1ccnc1. The maximum Gasteiger partial charge on any atom is 0.122 e. The van der Waals surface area contributed by atoms with Gasteiger partial charge in [0.25, 0.3) is 0 Å². The third-order valence-electron chi connectivity index (χ3n) is 2.60. The van der Waals surface area contributed by atoms with Gasteiger partial charge in [-0.15, -0.1) is 0 Å². The van der Waals surface area contributed by atoms with Crippen LogP contribution < -0.4 is 10.5 Å². The maximum absolute atomic E-state index is 5.96. The van der Waals surface area contributed by atoms with Gasteiger partial charge >= 0.3 is 0 Å². The zero-order valence-corrected chi connectivity index (χ0v) is 10.8. The van der Waals surface area contributed by atoms with Gasteiger partial charge in [0.15, 0.2) is 0 Å². The molecule has 96 valence electrons. The minimum Gasteiger partial charge on any atom is -0.491 e. The summed E-state index contributed by atoms with van der Waals surface area (Å²) in [5.41, 5.74) is 6.63. The molecule has 0 amide bonds. The van der Waals surface area contributed by atoms with Crippen LogP contribution in [-0.4, -0.2) is 22.7 Å². The molecule has 0 radical (unpaired) electrons. The van der Waals surface area contributed by atoms with Gasteiger partial charge in [0, 0.05) is 17.4 Å². The first-order chi connectivity index (χ1) is 8.79. The Morgan fingerprint density at radius 3 is 3.00 bits per heavy atom. The number of hydrogen-bond acceptors (Lipinski definition) is 3. The molecule has 0 unspecified atom stereocenters. The number of ether oxygens (including phenoxy) is 1. The number of aromatic nitrogens is 2. The van der Waals surface area contributed by atoms with E-state index in [-0.39, 0.29) is 0 Å². The van der Waals surface area contributed by atoms with Crippen molar-refractivity contribution in [1.82, 2.24) is 9.55 Å². The fourth-order valence-corrected chi connectivity index (χ4v) is 1.91. The van der Waals surface area contributed by atoms with Crippen molar-refractivity contribution in [2.45, 2.75) is 13.0 Å². The third-order valence-corrected chi connectivity index (χ3v) is 2.84. The van der Waals surface area contributed by atoms with Crippen molar-refractivity contribution < 1.29 is 4.74 Å². The van der Waals surface area contributed by atoms with Gasteiger partial charge < -0.3 is 15.0 Å². The smallest absolute Gasteiger partial charge is 0.122 e. The average Bonchev–Trinajstić information content (AvgIpc) is 2.85. The van der Waals surface area contributed by atoms with Gasteiger partial charge in [0.05, 0.1) is 12.9 Å². The van der Waals surface area contributed by atoms with E-state index in [4.69, 9.17) is 22.1 Å². The molecular formula is C13H16ClN3O. The predicted molar refractivity (Wildman–Crippen MR) is 71.9 cm³/mol. The van der Waals surface area contributed by atoms with Gasteiger partial charge in [-0.05, 0) is 36.7 Å². The van der Waals surface area contributed by atoms with Crippen LogP contribution in [-0.2, 0) is 13.0 Å². The van der Waals surface area contributed by atoms with Crippen LogP contribution in [0.2, 0.25) is 5.02 Å². The molecule has 4 nitrogen and oxygen atoms in total. The Morgan fingerprint density at radius 1 is 1.39 bits per heavy atom. The van der Waals surface area contributed by atoms with Gasteiger partial charge in [-0.25, -0.2) is 4.98 Å². The molecule has 0 aliphatic heterocycles. The average molecular weight is 266 g/mol. The molecule has 0 aliphatic rings. The largest absolute Gasteiger partial charge is 0.491 e. The highest BCUT2D eigenvalue weighted by Gasteiger charge is 2.04. The number of nitrogens with zero attached hydrogens (tertiary/aromatic N) is 2.